The van der Waals surface area contributed by atoms with Crippen LogP contribution in [0.1, 0.15) is 19.8 Å². The van der Waals surface area contributed by atoms with Crippen LogP contribution in [0.2, 0.25) is 5.02 Å². The van der Waals surface area contributed by atoms with E-state index in [-0.39, 0.29) is 5.91 Å². The van der Waals surface area contributed by atoms with Crippen LogP contribution in [0.4, 0.5) is 5.69 Å². The van der Waals surface area contributed by atoms with Crippen LogP contribution in [-0.4, -0.2) is 29.9 Å². The van der Waals surface area contributed by atoms with E-state index in [4.69, 9.17) is 11.6 Å². The molecule has 5 heteroatoms. The minimum absolute atomic E-state index is 0.173. The van der Waals surface area contributed by atoms with Crippen LogP contribution in [0, 0.1) is 0 Å². The Morgan fingerprint density at radius 1 is 1.12 bits per heavy atom. The number of nitrogens with zero attached hydrogens (tertiary/aromatic N) is 1. The van der Waals surface area contributed by atoms with Gasteiger partial charge in [-0.3, -0.25) is 4.79 Å². The molecule has 24 heavy (non-hydrogen) atoms. The number of hydrogen-bond donors (Lipinski definition) is 1. The van der Waals surface area contributed by atoms with E-state index in [9.17, 15) is 4.79 Å². The van der Waals surface area contributed by atoms with Crippen molar-refractivity contribution < 1.29 is 4.79 Å². The summed E-state index contributed by atoms with van der Waals surface area (Å²) in [6.07, 6.45) is 1.97. The van der Waals surface area contributed by atoms with Crippen LogP contribution in [0.15, 0.2) is 58.3 Å². The topological polar surface area (TPSA) is 32.3 Å². The molecule has 1 aliphatic rings. The maximum absolute atomic E-state index is 11.4. The van der Waals surface area contributed by atoms with Crippen molar-refractivity contribution in [3.05, 3.63) is 53.6 Å². The SMILES string of the molecule is CC(=O)N1CCC(Nc2ccccc2Sc2ccc(Cl)cc2)CC1. The molecule has 2 aromatic carbocycles. The normalized spacial score (nSPS) is 15.3. The van der Waals surface area contributed by atoms with Crippen molar-refractivity contribution in [1.82, 2.24) is 4.90 Å². The summed E-state index contributed by atoms with van der Waals surface area (Å²) in [4.78, 5) is 15.7. The zero-order valence-corrected chi connectivity index (χ0v) is 15.2. The minimum atomic E-state index is 0.173. The Morgan fingerprint density at radius 2 is 1.79 bits per heavy atom. The molecule has 0 spiro atoms. The summed E-state index contributed by atoms with van der Waals surface area (Å²) in [5, 5.41) is 4.41. The number of amides is 1. The molecule has 0 atom stereocenters. The third-order valence-corrected chi connectivity index (χ3v) is 5.56. The number of piperidine rings is 1. The summed E-state index contributed by atoms with van der Waals surface area (Å²) >= 11 is 7.69. The largest absolute Gasteiger partial charge is 0.381 e. The molecule has 0 unspecified atom stereocenters. The van der Waals surface area contributed by atoms with Gasteiger partial charge in [-0.1, -0.05) is 35.5 Å². The summed E-state index contributed by atoms with van der Waals surface area (Å²) in [7, 11) is 0. The van der Waals surface area contributed by atoms with Crippen molar-refractivity contribution in [2.75, 3.05) is 18.4 Å². The molecule has 0 radical (unpaired) electrons. The predicted molar refractivity (Wildman–Crippen MR) is 101 cm³/mol. The molecule has 0 aromatic heterocycles. The van der Waals surface area contributed by atoms with Crippen LogP contribution in [0.3, 0.4) is 0 Å². The Hall–Kier alpha value is -1.65. The highest BCUT2D eigenvalue weighted by molar-refractivity contribution is 7.99. The second-order valence-corrected chi connectivity index (χ2v) is 7.53. The average Bonchev–Trinajstić information content (AvgIpc) is 2.59. The fourth-order valence-electron chi connectivity index (χ4n) is 2.86. The molecule has 3 nitrogen and oxygen atoms in total. The van der Waals surface area contributed by atoms with Gasteiger partial charge in [0.05, 0.1) is 0 Å². The van der Waals surface area contributed by atoms with Crippen LogP contribution in [0.25, 0.3) is 0 Å². The fourth-order valence-corrected chi connectivity index (χ4v) is 3.90. The van der Waals surface area contributed by atoms with Gasteiger partial charge in [-0.2, -0.15) is 0 Å². The fraction of sp³-hybridized carbons (Fsp3) is 0.316. The highest BCUT2D eigenvalue weighted by atomic mass is 35.5. The van der Waals surface area contributed by atoms with Crippen LogP contribution in [-0.2, 0) is 4.79 Å². The average molecular weight is 361 g/mol. The molecular weight excluding hydrogens is 340 g/mol. The Morgan fingerprint density at radius 3 is 2.46 bits per heavy atom. The summed E-state index contributed by atoms with van der Waals surface area (Å²) in [6, 6.07) is 16.7. The van der Waals surface area contributed by atoms with Crippen molar-refractivity contribution in [3.8, 4) is 0 Å². The first kappa shape index (κ1) is 17.2. The van der Waals surface area contributed by atoms with Gasteiger partial charge in [0.1, 0.15) is 0 Å². The molecule has 1 heterocycles. The van der Waals surface area contributed by atoms with Crippen molar-refractivity contribution in [3.63, 3.8) is 0 Å². The minimum Gasteiger partial charge on any atom is -0.381 e. The lowest BCUT2D eigenvalue weighted by Gasteiger charge is -2.32. The van der Waals surface area contributed by atoms with Crippen molar-refractivity contribution in [2.45, 2.75) is 35.6 Å². The first-order valence-electron chi connectivity index (χ1n) is 8.16. The first-order valence-corrected chi connectivity index (χ1v) is 9.36. The van der Waals surface area contributed by atoms with Crippen molar-refractivity contribution >= 4 is 35.0 Å². The van der Waals surface area contributed by atoms with E-state index in [0.29, 0.717) is 6.04 Å². The third kappa shape index (κ3) is 4.46. The van der Waals surface area contributed by atoms with Gasteiger partial charge in [-0.05, 0) is 49.2 Å². The maximum atomic E-state index is 11.4. The zero-order chi connectivity index (χ0) is 16.9. The van der Waals surface area contributed by atoms with Gasteiger partial charge in [0.15, 0.2) is 0 Å². The lowest BCUT2D eigenvalue weighted by atomic mass is 10.0. The molecule has 1 N–H and O–H groups in total. The summed E-state index contributed by atoms with van der Waals surface area (Å²) in [5.41, 5.74) is 1.15. The highest BCUT2D eigenvalue weighted by Crippen LogP contribution is 2.34. The summed E-state index contributed by atoms with van der Waals surface area (Å²) in [5.74, 6) is 0.173. The molecule has 1 aliphatic heterocycles. The second kappa shape index (κ2) is 7.95. The van der Waals surface area contributed by atoms with E-state index >= 15 is 0 Å². The van der Waals surface area contributed by atoms with E-state index in [1.54, 1.807) is 18.7 Å². The Balaban J connectivity index is 1.66. The predicted octanol–water partition coefficient (Wildman–Crippen LogP) is 4.91. The number of carbonyl (C=O) groups is 1. The number of halogens is 1. The number of carbonyl (C=O) groups excluding carboxylic acids is 1. The van der Waals surface area contributed by atoms with E-state index in [1.807, 2.05) is 29.2 Å². The van der Waals surface area contributed by atoms with Gasteiger partial charge in [-0.15, -0.1) is 0 Å². The van der Waals surface area contributed by atoms with Gasteiger partial charge in [0.2, 0.25) is 5.91 Å². The third-order valence-electron chi connectivity index (χ3n) is 4.23. The Kier molecular flexibility index (Phi) is 5.69. The van der Waals surface area contributed by atoms with E-state index in [1.165, 1.54) is 9.79 Å². The number of benzene rings is 2. The molecule has 1 fully saturated rings. The van der Waals surface area contributed by atoms with Crippen molar-refractivity contribution in [2.24, 2.45) is 0 Å². The number of rotatable bonds is 4. The van der Waals surface area contributed by atoms with Gasteiger partial charge >= 0.3 is 0 Å². The molecule has 1 amide bonds. The van der Waals surface area contributed by atoms with Crippen LogP contribution < -0.4 is 5.32 Å². The molecule has 0 bridgehead atoms. The number of anilines is 1. The highest BCUT2D eigenvalue weighted by Gasteiger charge is 2.21. The van der Waals surface area contributed by atoms with Crippen molar-refractivity contribution in [1.29, 1.82) is 0 Å². The van der Waals surface area contributed by atoms with E-state index < -0.39 is 0 Å². The molecule has 3 rings (SSSR count). The summed E-state index contributed by atoms with van der Waals surface area (Å²) in [6.45, 7) is 3.31. The first-order chi connectivity index (χ1) is 11.6. The lowest BCUT2D eigenvalue weighted by molar-refractivity contribution is -0.129. The summed E-state index contributed by atoms with van der Waals surface area (Å²) < 4.78 is 0. The zero-order valence-electron chi connectivity index (χ0n) is 13.7. The molecule has 0 aliphatic carbocycles. The van der Waals surface area contributed by atoms with E-state index in [0.717, 1.165) is 36.6 Å². The number of nitrogens with one attached hydrogen (secondary N) is 1. The van der Waals surface area contributed by atoms with Gasteiger partial charge < -0.3 is 10.2 Å². The Labute approximate surface area is 152 Å². The number of hydrogen-bond acceptors (Lipinski definition) is 3. The number of likely N-dealkylation sites (tertiary alicyclic amines) is 1. The van der Waals surface area contributed by atoms with Gasteiger partial charge in [0, 0.05) is 46.6 Å². The smallest absolute Gasteiger partial charge is 0.219 e. The molecular formula is C19H21ClN2OS. The maximum Gasteiger partial charge on any atom is 0.219 e. The second-order valence-electron chi connectivity index (χ2n) is 5.98. The Bertz CT molecular complexity index is 697. The van der Waals surface area contributed by atoms with Crippen LogP contribution in [0.5, 0.6) is 0 Å². The molecule has 126 valence electrons. The quantitative estimate of drug-likeness (QED) is 0.840. The monoisotopic (exact) mass is 360 g/mol. The number of para-hydroxylation sites is 1. The standard InChI is InChI=1S/C19H21ClN2OS/c1-14(23)22-12-10-16(11-13-22)21-18-4-2-3-5-19(18)24-17-8-6-15(20)7-9-17/h2-9,16,21H,10-13H2,1H3. The lowest BCUT2D eigenvalue weighted by Crippen LogP contribution is -2.41. The molecule has 2 aromatic rings. The molecule has 1 saturated heterocycles. The van der Waals surface area contributed by atoms with Gasteiger partial charge in [0.25, 0.3) is 0 Å². The van der Waals surface area contributed by atoms with Crippen LogP contribution >= 0.6 is 23.4 Å². The van der Waals surface area contributed by atoms with Gasteiger partial charge in [-0.25, -0.2) is 0 Å². The molecule has 0 saturated carbocycles. The van der Waals surface area contributed by atoms with E-state index in [2.05, 4.69) is 29.6 Å².